The largest absolute Gasteiger partial charge is 0.337 e. The monoisotopic (exact) mass is 350 g/mol. The van der Waals surface area contributed by atoms with Crippen LogP contribution < -0.4 is 0 Å². The lowest BCUT2D eigenvalue weighted by Gasteiger charge is -2.40. The molecular formula is C16H19BrN2O2. The van der Waals surface area contributed by atoms with Gasteiger partial charge in [0.05, 0.1) is 6.04 Å². The Morgan fingerprint density at radius 1 is 1.29 bits per heavy atom. The number of piperazine rings is 1. The summed E-state index contributed by atoms with van der Waals surface area (Å²) in [5.74, 6) is 0.423. The number of carbonyl (C=O) groups is 2. The second-order valence-corrected chi connectivity index (χ2v) is 6.74. The fourth-order valence-corrected chi connectivity index (χ4v) is 3.53. The van der Waals surface area contributed by atoms with E-state index in [1.807, 2.05) is 36.1 Å². The van der Waals surface area contributed by atoms with Gasteiger partial charge in [0.15, 0.2) is 5.78 Å². The molecule has 2 aliphatic heterocycles. The summed E-state index contributed by atoms with van der Waals surface area (Å²) in [6.07, 6.45) is 1.59. The van der Waals surface area contributed by atoms with Crippen LogP contribution in [0.5, 0.6) is 0 Å². The van der Waals surface area contributed by atoms with Gasteiger partial charge in [-0.1, -0.05) is 28.1 Å². The molecule has 4 nitrogen and oxygen atoms in total. The number of carbonyl (C=O) groups excluding carboxylic acids is 2. The molecule has 2 atom stereocenters. The number of halogens is 1. The fourth-order valence-electron chi connectivity index (χ4n) is 3.26. The average molecular weight is 351 g/mol. The van der Waals surface area contributed by atoms with E-state index in [0.717, 1.165) is 36.1 Å². The highest BCUT2D eigenvalue weighted by Crippen LogP contribution is 2.24. The van der Waals surface area contributed by atoms with Crippen molar-refractivity contribution in [2.24, 2.45) is 0 Å². The van der Waals surface area contributed by atoms with E-state index in [2.05, 4.69) is 20.8 Å². The number of Topliss-reactive ketones (excluding diaryl/α,β-unsaturated/α-hetero) is 1. The molecule has 2 fully saturated rings. The van der Waals surface area contributed by atoms with E-state index in [4.69, 9.17) is 0 Å². The normalized spacial score (nSPS) is 24.0. The third kappa shape index (κ3) is 2.90. The van der Waals surface area contributed by atoms with E-state index in [0.29, 0.717) is 12.5 Å². The van der Waals surface area contributed by atoms with Gasteiger partial charge in [0.2, 0.25) is 5.91 Å². The molecule has 0 radical (unpaired) electrons. The van der Waals surface area contributed by atoms with Crippen molar-refractivity contribution in [2.75, 3.05) is 19.6 Å². The number of rotatable bonds is 3. The smallest absolute Gasteiger partial charge is 0.222 e. The number of amides is 1. The molecule has 112 valence electrons. The third-order valence-electron chi connectivity index (χ3n) is 4.58. The van der Waals surface area contributed by atoms with Crippen LogP contribution in [0.4, 0.5) is 0 Å². The van der Waals surface area contributed by atoms with Crippen LogP contribution in [-0.2, 0) is 4.79 Å². The Bertz CT molecular complexity index is 558. The van der Waals surface area contributed by atoms with Crippen molar-refractivity contribution in [3.05, 3.63) is 34.3 Å². The zero-order valence-electron chi connectivity index (χ0n) is 12.1. The number of fused-ring (bicyclic) bond motifs is 1. The van der Waals surface area contributed by atoms with Crippen LogP contribution in [0.15, 0.2) is 28.7 Å². The first-order valence-corrected chi connectivity index (χ1v) is 8.19. The number of ketones is 1. The quantitative estimate of drug-likeness (QED) is 0.785. The van der Waals surface area contributed by atoms with Gasteiger partial charge in [-0.3, -0.25) is 14.5 Å². The molecule has 0 aliphatic carbocycles. The van der Waals surface area contributed by atoms with E-state index in [9.17, 15) is 9.59 Å². The predicted molar refractivity (Wildman–Crippen MR) is 84.2 cm³/mol. The molecule has 2 heterocycles. The van der Waals surface area contributed by atoms with E-state index in [1.165, 1.54) is 0 Å². The Balaban J connectivity index is 1.68. The second-order valence-electron chi connectivity index (χ2n) is 5.82. The molecule has 2 saturated heterocycles. The van der Waals surface area contributed by atoms with E-state index in [-0.39, 0.29) is 17.7 Å². The van der Waals surface area contributed by atoms with Crippen molar-refractivity contribution in [3.63, 3.8) is 0 Å². The summed E-state index contributed by atoms with van der Waals surface area (Å²) in [4.78, 5) is 28.5. The first-order chi connectivity index (χ1) is 10.1. The van der Waals surface area contributed by atoms with E-state index in [1.54, 1.807) is 0 Å². The zero-order chi connectivity index (χ0) is 15.0. The highest BCUT2D eigenvalue weighted by Gasteiger charge is 2.37. The molecule has 0 N–H and O–H groups in total. The Morgan fingerprint density at radius 2 is 2.00 bits per heavy atom. The Morgan fingerprint density at radius 3 is 2.71 bits per heavy atom. The second kappa shape index (κ2) is 5.89. The third-order valence-corrected chi connectivity index (χ3v) is 5.11. The number of benzene rings is 1. The highest BCUT2D eigenvalue weighted by molar-refractivity contribution is 9.10. The van der Waals surface area contributed by atoms with Crippen LogP contribution in [0.2, 0.25) is 0 Å². The minimum atomic E-state index is -0.135. The molecule has 0 aromatic heterocycles. The summed E-state index contributed by atoms with van der Waals surface area (Å²) in [7, 11) is 0. The van der Waals surface area contributed by atoms with Gasteiger partial charge >= 0.3 is 0 Å². The lowest BCUT2D eigenvalue weighted by atomic mass is 10.0. The Kier molecular flexibility index (Phi) is 4.13. The van der Waals surface area contributed by atoms with Crippen molar-refractivity contribution in [1.29, 1.82) is 0 Å². The maximum absolute atomic E-state index is 12.6. The minimum Gasteiger partial charge on any atom is -0.337 e. The van der Waals surface area contributed by atoms with Gasteiger partial charge < -0.3 is 4.90 Å². The molecule has 3 rings (SSSR count). The molecule has 0 saturated carbocycles. The van der Waals surface area contributed by atoms with E-state index < -0.39 is 0 Å². The van der Waals surface area contributed by atoms with Gasteiger partial charge in [-0.15, -0.1) is 0 Å². The molecule has 2 aliphatic rings. The summed E-state index contributed by atoms with van der Waals surface area (Å²) in [5.41, 5.74) is 0.746. The number of nitrogens with zero attached hydrogens (tertiary/aromatic N) is 2. The fraction of sp³-hybridized carbons (Fsp3) is 0.500. The molecule has 5 heteroatoms. The standard InChI is InChI=1S/C16H19BrN2O2/c1-11(16(21)12-2-4-13(17)5-3-12)18-8-9-19-14(10-18)6-7-15(19)20/h2-5,11,14H,6-10H2,1H3. The summed E-state index contributed by atoms with van der Waals surface area (Å²) < 4.78 is 0.977. The summed E-state index contributed by atoms with van der Waals surface area (Å²) in [6.45, 7) is 4.32. The zero-order valence-corrected chi connectivity index (χ0v) is 13.7. The molecule has 0 bridgehead atoms. The van der Waals surface area contributed by atoms with Crippen LogP contribution in [0.3, 0.4) is 0 Å². The molecule has 1 aromatic carbocycles. The van der Waals surface area contributed by atoms with Crippen LogP contribution in [0.1, 0.15) is 30.1 Å². The van der Waals surface area contributed by atoms with Gasteiger partial charge in [-0.2, -0.15) is 0 Å². The predicted octanol–water partition coefficient (Wildman–Crippen LogP) is 2.33. The van der Waals surface area contributed by atoms with Crippen LogP contribution in [0, 0.1) is 0 Å². The van der Waals surface area contributed by atoms with Gasteiger partial charge in [0.1, 0.15) is 0 Å². The van der Waals surface area contributed by atoms with Crippen LogP contribution in [-0.4, -0.2) is 53.2 Å². The summed E-state index contributed by atoms with van der Waals surface area (Å²) >= 11 is 3.39. The number of hydrogen-bond acceptors (Lipinski definition) is 3. The first kappa shape index (κ1) is 14.7. The van der Waals surface area contributed by atoms with Crippen LogP contribution >= 0.6 is 15.9 Å². The molecule has 1 aromatic rings. The van der Waals surface area contributed by atoms with Crippen molar-refractivity contribution < 1.29 is 9.59 Å². The molecule has 0 spiro atoms. The average Bonchev–Trinajstić information content (AvgIpc) is 2.87. The van der Waals surface area contributed by atoms with Crippen molar-refractivity contribution in [2.45, 2.75) is 31.8 Å². The lowest BCUT2D eigenvalue weighted by Crippen LogP contribution is -2.55. The van der Waals surface area contributed by atoms with Crippen molar-refractivity contribution in [1.82, 2.24) is 9.80 Å². The number of hydrogen-bond donors (Lipinski definition) is 0. The lowest BCUT2D eigenvalue weighted by molar-refractivity contribution is -0.130. The maximum atomic E-state index is 12.6. The van der Waals surface area contributed by atoms with Crippen LogP contribution in [0.25, 0.3) is 0 Å². The SMILES string of the molecule is CC(C(=O)c1ccc(Br)cc1)N1CCN2C(=O)CCC2C1. The Hall–Kier alpha value is -1.20. The van der Waals surface area contributed by atoms with Crippen molar-refractivity contribution in [3.8, 4) is 0 Å². The first-order valence-electron chi connectivity index (χ1n) is 7.39. The molecule has 21 heavy (non-hydrogen) atoms. The molecule has 2 unspecified atom stereocenters. The maximum Gasteiger partial charge on any atom is 0.222 e. The van der Waals surface area contributed by atoms with Crippen molar-refractivity contribution >= 4 is 27.6 Å². The van der Waals surface area contributed by atoms with E-state index >= 15 is 0 Å². The molecular weight excluding hydrogens is 332 g/mol. The topological polar surface area (TPSA) is 40.6 Å². The van der Waals surface area contributed by atoms with Gasteiger partial charge in [-0.25, -0.2) is 0 Å². The highest BCUT2D eigenvalue weighted by atomic mass is 79.9. The van der Waals surface area contributed by atoms with Gasteiger partial charge in [0.25, 0.3) is 0 Å². The molecule has 1 amide bonds. The van der Waals surface area contributed by atoms with Gasteiger partial charge in [0, 0.05) is 42.1 Å². The summed E-state index contributed by atoms with van der Waals surface area (Å²) in [5, 5.41) is 0. The minimum absolute atomic E-state index is 0.135. The van der Waals surface area contributed by atoms with Gasteiger partial charge in [-0.05, 0) is 25.5 Å². The summed E-state index contributed by atoms with van der Waals surface area (Å²) in [6, 6.07) is 7.67. The Labute approximate surface area is 133 Å².